The fraction of sp³-hybridized carbons (Fsp3) is 0.368. The van der Waals surface area contributed by atoms with Crippen LogP contribution in [0.2, 0.25) is 0 Å². The third-order valence-corrected chi connectivity index (χ3v) is 6.72. The first-order valence-corrected chi connectivity index (χ1v) is 10.0. The van der Waals surface area contributed by atoms with Gasteiger partial charge in [-0.1, -0.05) is 37.7 Å². The number of benzene rings is 1. The highest BCUT2D eigenvalue weighted by molar-refractivity contribution is 8.01. The van der Waals surface area contributed by atoms with Crippen LogP contribution in [-0.4, -0.2) is 34.9 Å². The average Bonchev–Trinajstić information content (AvgIpc) is 3.02. The predicted molar refractivity (Wildman–Crippen MR) is 112 cm³/mol. The smallest absolute Gasteiger partial charge is 0.329 e. The Hall–Kier alpha value is -3.01. The van der Waals surface area contributed by atoms with Gasteiger partial charge in [-0.05, 0) is 30.5 Å². The van der Waals surface area contributed by atoms with Crippen molar-refractivity contribution in [3.05, 3.63) is 50.7 Å². The molecule has 9 nitrogen and oxygen atoms in total. The van der Waals surface area contributed by atoms with Gasteiger partial charge in [0.25, 0.3) is 5.56 Å². The maximum absolute atomic E-state index is 12.6. The maximum atomic E-state index is 12.6. The Labute approximate surface area is 170 Å². The number of aromatic amines is 1. The number of nitrogen functional groups attached to an aromatic ring is 1. The van der Waals surface area contributed by atoms with E-state index in [-0.39, 0.29) is 17.7 Å². The summed E-state index contributed by atoms with van der Waals surface area (Å²) in [5, 5.41) is 10.2. The fourth-order valence-corrected chi connectivity index (χ4v) is 4.35. The second kappa shape index (κ2) is 7.78. The highest BCUT2D eigenvalue weighted by atomic mass is 32.2. The van der Waals surface area contributed by atoms with Crippen molar-refractivity contribution >= 4 is 34.6 Å². The number of carboxylic acid groups (broad SMARTS) is 1. The summed E-state index contributed by atoms with van der Waals surface area (Å²) < 4.78 is 1.80. The molecular weight excluding hydrogens is 394 g/mol. The number of thioether (sulfide) groups is 1. The van der Waals surface area contributed by atoms with E-state index >= 15 is 0 Å². The Balaban J connectivity index is 2.27. The molecule has 0 amide bonds. The molecule has 10 heteroatoms. The van der Waals surface area contributed by atoms with Crippen LogP contribution in [0.1, 0.15) is 32.3 Å². The molecule has 0 radical (unpaired) electrons. The Morgan fingerprint density at radius 1 is 1.31 bits per heavy atom. The van der Waals surface area contributed by atoms with Gasteiger partial charge in [0.05, 0.1) is 6.54 Å². The third kappa shape index (κ3) is 3.67. The molecule has 2 aromatic heterocycles. The van der Waals surface area contributed by atoms with E-state index in [1.807, 2.05) is 6.07 Å². The monoisotopic (exact) mass is 417 g/mol. The van der Waals surface area contributed by atoms with E-state index in [4.69, 9.17) is 5.73 Å². The van der Waals surface area contributed by atoms with E-state index < -0.39 is 22.0 Å². The lowest BCUT2D eigenvalue weighted by molar-refractivity contribution is -0.140. The Bertz CT molecular complexity index is 1190. The van der Waals surface area contributed by atoms with E-state index in [0.29, 0.717) is 23.7 Å². The van der Waals surface area contributed by atoms with Crippen LogP contribution in [0.25, 0.3) is 11.2 Å². The minimum Gasteiger partial charge on any atom is -0.480 e. The van der Waals surface area contributed by atoms with Gasteiger partial charge in [0.1, 0.15) is 4.75 Å². The molecular formula is C19H23N5O4S. The maximum Gasteiger partial charge on any atom is 0.329 e. The van der Waals surface area contributed by atoms with E-state index in [0.717, 1.165) is 17.3 Å². The van der Waals surface area contributed by atoms with Crippen molar-refractivity contribution in [2.24, 2.45) is 7.05 Å². The second-order valence-corrected chi connectivity index (χ2v) is 8.18. The zero-order chi connectivity index (χ0) is 21.3. The number of aromatic nitrogens is 4. The number of fused-ring (bicyclic) bond motifs is 1. The number of aliphatic carboxylic acids is 1. The van der Waals surface area contributed by atoms with E-state index in [1.54, 1.807) is 36.6 Å². The zero-order valence-electron chi connectivity index (χ0n) is 16.4. The van der Waals surface area contributed by atoms with Crippen molar-refractivity contribution in [2.75, 3.05) is 5.73 Å². The molecule has 3 aromatic rings. The normalized spacial score (nSPS) is 11.8. The van der Waals surface area contributed by atoms with Crippen LogP contribution in [0.4, 0.5) is 5.69 Å². The molecule has 2 heterocycles. The van der Waals surface area contributed by atoms with Gasteiger partial charge in [-0.2, -0.15) is 0 Å². The highest BCUT2D eigenvalue weighted by Crippen LogP contribution is 2.39. The van der Waals surface area contributed by atoms with Crippen LogP contribution in [0.15, 0.2) is 39.0 Å². The van der Waals surface area contributed by atoms with Gasteiger partial charge < -0.3 is 15.4 Å². The molecule has 0 fully saturated rings. The minimum atomic E-state index is -1.10. The van der Waals surface area contributed by atoms with Gasteiger partial charge in [0, 0.05) is 12.7 Å². The topological polar surface area (TPSA) is 136 Å². The molecule has 0 unspecified atom stereocenters. The van der Waals surface area contributed by atoms with Gasteiger partial charge in [-0.15, -0.1) is 0 Å². The largest absolute Gasteiger partial charge is 0.480 e. The number of carboxylic acids is 1. The quantitative estimate of drug-likeness (QED) is 0.394. The first-order valence-electron chi connectivity index (χ1n) is 9.18. The molecule has 154 valence electrons. The molecule has 29 heavy (non-hydrogen) atoms. The minimum absolute atomic E-state index is 0.205. The van der Waals surface area contributed by atoms with Gasteiger partial charge in [-0.3, -0.25) is 19.1 Å². The predicted octanol–water partition coefficient (Wildman–Crippen LogP) is 1.79. The molecule has 0 atom stereocenters. The number of nitrogens with zero attached hydrogens (tertiary/aromatic N) is 3. The number of hydrogen-bond acceptors (Lipinski definition) is 6. The van der Waals surface area contributed by atoms with Crippen molar-refractivity contribution in [2.45, 2.75) is 43.1 Å². The molecule has 0 bridgehead atoms. The molecule has 0 aliphatic heterocycles. The van der Waals surface area contributed by atoms with Gasteiger partial charge in [0.15, 0.2) is 16.3 Å². The summed E-state index contributed by atoms with van der Waals surface area (Å²) in [6.45, 7) is 3.87. The van der Waals surface area contributed by atoms with E-state index in [1.165, 1.54) is 11.6 Å². The third-order valence-electron chi connectivity index (χ3n) is 5.08. The molecule has 0 saturated carbocycles. The summed E-state index contributed by atoms with van der Waals surface area (Å²) in [6, 6.07) is 7.19. The lowest BCUT2D eigenvalue weighted by Gasteiger charge is -2.25. The summed E-state index contributed by atoms with van der Waals surface area (Å²) in [6.07, 6.45) is 0.751. The van der Waals surface area contributed by atoms with Crippen molar-refractivity contribution < 1.29 is 9.90 Å². The Morgan fingerprint density at radius 2 is 2.00 bits per heavy atom. The Morgan fingerprint density at radius 3 is 2.59 bits per heavy atom. The number of anilines is 1. The first-order chi connectivity index (χ1) is 13.7. The lowest BCUT2D eigenvalue weighted by atomic mass is 10.0. The number of rotatable bonds is 7. The second-order valence-electron chi connectivity index (χ2n) is 6.82. The molecule has 0 saturated heterocycles. The van der Waals surface area contributed by atoms with Crippen molar-refractivity contribution in [1.82, 2.24) is 19.1 Å². The number of nitrogens with two attached hydrogens (primary N) is 1. The van der Waals surface area contributed by atoms with Crippen LogP contribution < -0.4 is 17.0 Å². The van der Waals surface area contributed by atoms with Crippen LogP contribution in [0.3, 0.4) is 0 Å². The molecule has 0 aliphatic carbocycles. The molecule has 4 N–H and O–H groups in total. The number of aryl methyl sites for hydroxylation is 1. The van der Waals surface area contributed by atoms with E-state index in [2.05, 4.69) is 9.97 Å². The Kier molecular flexibility index (Phi) is 5.56. The number of hydrogen-bond donors (Lipinski definition) is 3. The van der Waals surface area contributed by atoms with Crippen molar-refractivity contribution in [3.8, 4) is 0 Å². The van der Waals surface area contributed by atoms with Crippen LogP contribution in [0, 0.1) is 0 Å². The van der Waals surface area contributed by atoms with Gasteiger partial charge in [-0.25, -0.2) is 9.78 Å². The summed E-state index contributed by atoms with van der Waals surface area (Å²) in [4.78, 5) is 43.4. The summed E-state index contributed by atoms with van der Waals surface area (Å²) in [5.41, 5.74) is 6.54. The van der Waals surface area contributed by atoms with Crippen LogP contribution in [-0.2, 0) is 18.4 Å². The fourth-order valence-electron chi connectivity index (χ4n) is 3.23. The van der Waals surface area contributed by atoms with Crippen LogP contribution in [0.5, 0.6) is 0 Å². The first kappa shape index (κ1) is 20.7. The SMILES string of the molecule is CCC(CC)(Sc1nc2c(c(=O)[nH]c(=O)n2C)n1Cc1cccc(N)c1)C(=O)O. The average molecular weight is 417 g/mol. The number of nitrogens with one attached hydrogen (secondary N) is 1. The number of H-pyrrole nitrogens is 1. The summed E-state index contributed by atoms with van der Waals surface area (Å²) >= 11 is 1.10. The standard InChI is InChI=1S/C19H23N5O4S/c1-4-19(5-2,16(26)27)29-18-21-14-13(15(25)22-17(28)23(14)3)24(18)10-11-7-6-8-12(20)9-11/h6-9H,4-5,10,20H2,1-3H3,(H,26,27)(H,22,25,28). The summed E-state index contributed by atoms with van der Waals surface area (Å²) in [5.74, 6) is -0.946. The highest BCUT2D eigenvalue weighted by Gasteiger charge is 2.38. The lowest BCUT2D eigenvalue weighted by Crippen LogP contribution is -2.34. The number of carbonyl (C=O) groups is 1. The van der Waals surface area contributed by atoms with E-state index in [9.17, 15) is 19.5 Å². The molecule has 0 aliphatic rings. The molecule has 3 rings (SSSR count). The van der Waals surface area contributed by atoms with Crippen LogP contribution >= 0.6 is 11.8 Å². The van der Waals surface area contributed by atoms with Gasteiger partial charge in [0.2, 0.25) is 0 Å². The molecule has 0 spiro atoms. The van der Waals surface area contributed by atoms with Gasteiger partial charge >= 0.3 is 11.7 Å². The zero-order valence-corrected chi connectivity index (χ0v) is 17.2. The summed E-state index contributed by atoms with van der Waals surface area (Å²) in [7, 11) is 1.51. The molecule has 1 aromatic carbocycles. The van der Waals surface area contributed by atoms with Crippen molar-refractivity contribution in [3.63, 3.8) is 0 Å². The number of imidazole rings is 1. The van der Waals surface area contributed by atoms with Crippen molar-refractivity contribution in [1.29, 1.82) is 0 Å².